The van der Waals surface area contributed by atoms with E-state index in [2.05, 4.69) is 0 Å². The largest absolute Gasteiger partial charge is 0.469 e. The maximum absolute atomic E-state index is 13.7. The molecule has 0 aromatic heterocycles. The van der Waals surface area contributed by atoms with Gasteiger partial charge >= 0.3 is 12.1 Å². The fourth-order valence-corrected chi connectivity index (χ4v) is 5.66. The Kier molecular flexibility index (Phi) is 10.3. The van der Waals surface area contributed by atoms with Crippen LogP contribution in [0.15, 0.2) is 89.8 Å². The molecule has 0 saturated carbocycles. The monoisotopic (exact) mass is 551 g/mol. The number of rotatable bonds is 11. The predicted molar refractivity (Wildman–Crippen MR) is 152 cm³/mol. The predicted octanol–water partition coefficient (Wildman–Crippen LogP) is 6.56. The SMILES string of the molecule is COC(=O)C(CCCc1cccc(S(=O)(=O)N(C(=O)OC(C)(C)C)c2ccccc2)c1)CCc1ccccc1. The van der Waals surface area contributed by atoms with Gasteiger partial charge in [-0.05, 0) is 88.3 Å². The minimum Gasteiger partial charge on any atom is -0.469 e. The van der Waals surface area contributed by atoms with Crippen LogP contribution in [0.2, 0.25) is 0 Å². The highest BCUT2D eigenvalue weighted by atomic mass is 32.2. The molecule has 1 atom stereocenters. The number of para-hydroxylation sites is 1. The lowest BCUT2D eigenvalue weighted by atomic mass is 9.93. The van der Waals surface area contributed by atoms with Crippen LogP contribution < -0.4 is 4.31 Å². The maximum atomic E-state index is 13.7. The van der Waals surface area contributed by atoms with E-state index in [1.54, 1.807) is 63.2 Å². The van der Waals surface area contributed by atoms with Crippen molar-refractivity contribution >= 4 is 27.8 Å². The standard InChI is InChI=1S/C31H37NO6S/c1-31(2,3)38-30(34)32(27-18-9-6-10-19-27)39(35,36)28-20-12-16-25(23-28)15-11-17-26(29(33)37-4)22-21-24-13-7-5-8-14-24/h5-10,12-14,16,18-20,23,26H,11,15,17,21-22H2,1-4H3. The van der Waals surface area contributed by atoms with E-state index in [1.807, 2.05) is 36.4 Å². The van der Waals surface area contributed by atoms with E-state index in [0.29, 0.717) is 30.0 Å². The lowest BCUT2D eigenvalue weighted by Crippen LogP contribution is -2.41. The van der Waals surface area contributed by atoms with E-state index >= 15 is 0 Å². The summed E-state index contributed by atoms with van der Waals surface area (Å²) in [7, 11) is -2.86. The van der Waals surface area contributed by atoms with Crippen molar-refractivity contribution in [2.75, 3.05) is 11.4 Å². The topological polar surface area (TPSA) is 90.0 Å². The van der Waals surface area contributed by atoms with Gasteiger partial charge in [0.05, 0.1) is 23.6 Å². The number of carbonyl (C=O) groups excluding carboxylic acids is 2. The Hall–Kier alpha value is -3.65. The number of esters is 1. The smallest absolute Gasteiger partial charge is 0.429 e. The summed E-state index contributed by atoms with van der Waals surface area (Å²) in [6.07, 6.45) is 2.33. The van der Waals surface area contributed by atoms with Gasteiger partial charge < -0.3 is 9.47 Å². The van der Waals surface area contributed by atoms with Crippen LogP contribution in [-0.4, -0.2) is 33.2 Å². The van der Waals surface area contributed by atoms with Gasteiger partial charge in [0.15, 0.2) is 0 Å². The van der Waals surface area contributed by atoms with Crippen molar-refractivity contribution in [3.8, 4) is 0 Å². The molecule has 0 heterocycles. The van der Waals surface area contributed by atoms with E-state index in [0.717, 1.165) is 17.5 Å². The van der Waals surface area contributed by atoms with Crippen LogP contribution in [0, 0.1) is 5.92 Å². The van der Waals surface area contributed by atoms with Crippen LogP contribution in [0.25, 0.3) is 0 Å². The highest BCUT2D eigenvalue weighted by Gasteiger charge is 2.34. The Bertz CT molecular complexity index is 1330. The third-order valence-electron chi connectivity index (χ3n) is 6.16. The van der Waals surface area contributed by atoms with Crippen molar-refractivity contribution in [1.82, 2.24) is 0 Å². The van der Waals surface area contributed by atoms with Crippen molar-refractivity contribution in [2.24, 2.45) is 5.92 Å². The van der Waals surface area contributed by atoms with Crippen LogP contribution in [0.1, 0.15) is 51.2 Å². The Balaban J connectivity index is 1.75. The fourth-order valence-electron chi connectivity index (χ4n) is 4.26. The number of ether oxygens (including phenoxy) is 2. The number of sulfonamides is 1. The molecular weight excluding hydrogens is 514 g/mol. The number of hydrogen-bond donors (Lipinski definition) is 0. The third kappa shape index (κ3) is 8.68. The Morgan fingerprint density at radius 1 is 0.821 bits per heavy atom. The molecule has 0 aliphatic carbocycles. The molecule has 0 aliphatic rings. The number of methoxy groups -OCH3 is 1. The van der Waals surface area contributed by atoms with Gasteiger partial charge in [-0.2, -0.15) is 4.31 Å². The van der Waals surface area contributed by atoms with Gasteiger partial charge in [-0.25, -0.2) is 13.2 Å². The summed E-state index contributed by atoms with van der Waals surface area (Å²) in [5.41, 5.74) is 1.27. The van der Waals surface area contributed by atoms with Gasteiger partial charge in [0.1, 0.15) is 5.60 Å². The molecule has 0 spiro atoms. The van der Waals surface area contributed by atoms with E-state index in [1.165, 1.54) is 13.2 Å². The van der Waals surface area contributed by atoms with Crippen LogP contribution in [0.5, 0.6) is 0 Å². The first-order chi connectivity index (χ1) is 18.5. The molecule has 208 valence electrons. The van der Waals surface area contributed by atoms with Crippen molar-refractivity contribution in [2.45, 2.75) is 63.4 Å². The highest BCUT2D eigenvalue weighted by Crippen LogP contribution is 2.27. The summed E-state index contributed by atoms with van der Waals surface area (Å²) in [6, 6.07) is 24.7. The molecule has 0 saturated heterocycles. The maximum Gasteiger partial charge on any atom is 0.429 e. The summed E-state index contributed by atoms with van der Waals surface area (Å²) in [4.78, 5) is 25.4. The highest BCUT2D eigenvalue weighted by molar-refractivity contribution is 7.93. The van der Waals surface area contributed by atoms with Gasteiger partial charge in [0, 0.05) is 0 Å². The van der Waals surface area contributed by atoms with Gasteiger partial charge in [-0.3, -0.25) is 4.79 Å². The van der Waals surface area contributed by atoms with Crippen molar-refractivity contribution < 1.29 is 27.5 Å². The first kappa shape index (κ1) is 29.9. The van der Waals surface area contributed by atoms with Gasteiger partial charge in [-0.1, -0.05) is 60.7 Å². The van der Waals surface area contributed by atoms with Gasteiger partial charge in [-0.15, -0.1) is 0 Å². The van der Waals surface area contributed by atoms with Crippen LogP contribution in [0.3, 0.4) is 0 Å². The number of nitrogens with zero attached hydrogens (tertiary/aromatic N) is 1. The molecule has 0 N–H and O–H groups in total. The molecule has 3 aromatic carbocycles. The van der Waals surface area contributed by atoms with E-state index in [9.17, 15) is 18.0 Å². The lowest BCUT2D eigenvalue weighted by Gasteiger charge is -2.27. The summed E-state index contributed by atoms with van der Waals surface area (Å²) < 4.78 is 38.6. The Morgan fingerprint density at radius 3 is 2.05 bits per heavy atom. The zero-order valence-electron chi connectivity index (χ0n) is 23.0. The summed E-state index contributed by atoms with van der Waals surface area (Å²) >= 11 is 0. The molecule has 0 aliphatic heterocycles. The Labute approximate surface area is 231 Å². The molecule has 1 amide bonds. The molecule has 0 fully saturated rings. The van der Waals surface area contributed by atoms with Gasteiger partial charge in [0.25, 0.3) is 10.0 Å². The van der Waals surface area contributed by atoms with Crippen molar-refractivity contribution in [3.63, 3.8) is 0 Å². The van der Waals surface area contributed by atoms with Crippen LogP contribution in [-0.2, 0) is 37.1 Å². The lowest BCUT2D eigenvalue weighted by molar-refractivity contribution is -0.145. The normalized spacial score (nSPS) is 12.4. The molecule has 39 heavy (non-hydrogen) atoms. The second-order valence-electron chi connectivity index (χ2n) is 10.4. The molecule has 3 aromatic rings. The number of hydrogen-bond acceptors (Lipinski definition) is 6. The summed E-state index contributed by atoms with van der Waals surface area (Å²) in [6.45, 7) is 5.05. The zero-order valence-corrected chi connectivity index (χ0v) is 23.8. The molecule has 0 radical (unpaired) electrons. The van der Waals surface area contributed by atoms with Crippen molar-refractivity contribution in [3.05, 3.63) is 96.1 Å². The Morgan fingerprint density at radius 2 is 1.44 bits per heavy atom. The second kappa shape index (κ2) is 13.4. The van der Waals surface area contributed by atoms with E-state index < -0.39 is 21.7 Å². The van der Waals surface area contributed by atoms with E-state index in [4.69, 9.17) is 9.47 Å². The summed E-state index contributed by atoms with van der Waals surface area (Å²) in [5, 5.41) is 0. The average molecular weight is 552 g/mol. The molecule has 1 unspecified atom stereocenters. The fraction of sp³-hybridized carbons (Fsp3) is 0.355. The number of anilines is 1. The average Bonchev–Trinajstić information content (AvgIpc) is 2.90. The first-order valence-electron chi connectivity index (χ1n) is 13.1. The molecular formula is C31H37NO6S. The zero-order chi connectivity index (χ0) is 28.5. The third-order valence-corrected chi connectivity index (χ3v) is 7.85. The van der Waals surface area contributed by atoms with Crippen molar-refractivity contribution in [1.29, 1.82) is 0 Å². The first-order valence-corrected chi connectivity index (χ1v) is 14.5. The number of benzene rings is 3. The molecule has 0 bridgehead atoms. The van der Waals surface area contributed by atoms with Gasteiger partial charge in [0.2, 0.25) is 0 Å². The summed E-state index contributed by atoms with van der Waals surface area (Å²) in [5.74, 6) is -0.485. The molecule has 8 heteroatoms. The molecule has 7 nitrogen and oxygen atoms in total. The molecule has 3 rings (SSSR count). The minimum absolute atomic E-state index is 0.0108. The number of carbonyl (C=O) groups is 2. The van der Waals surface area contributed by atoms with Crippen LogP contribution >= 0.6 is 0 Å². The number of aryl methyl sites for hydroxylation is 2. The minimum atomic E-state index is -4.26. The quantitative estimate of drug-likeness (QED) is 0.251. The van der Waals surface area contributed by atoms with E-state index in [-0.39, 0.29) is 22.5 Å². The van der Waals surface area contributed by atoms with Crippen LogP contribution in [0.4, 0.5) is 10.5 Å². The number of amides is 1. The second-order valence-corrected chi connectivity index (χ2v) is 12.2.